The van der Waals surface area contributed by atoms with Crippen LogP contribution in [0.15, 0.2) is 23.6 Å². The minimum absolute atomic E-state index is 0. The highest BCUT2D eigenvalue weighted by atomic mass is 35.5. The molecule has 1 heterocycles. The zero-order valence-electron chi connectivity index (χ0n) is 13.1. The highest BCUT2D eigenvalue weighted by Crippen LogP contribution is 2.32. The van der Waals surface area contributed by atoms with Crippen molar-refractivity contribution in [2.45, 2.75) is 25.8 Å². The minimum Gasteiger partial charge on any atom is -0.350 e. The Kier molecular flexibility index (Phi) is 9.57. The number of carbonyl (C=O) groups excluding carboxylic acids is 1. The number of hydrogen-bond donors (Lipinski definition) is 2. The van der Waals surface area contributed by atoms with E-state index in [0.717, 1.165) is 10.6 Å². The van der Waals surface area contributed by atoms with Gasteiger partial charge in [-0.2, -0.15) is 0 Å². The summed E-state index contributed by atoms with van der Waals surface area (Å²) < 4.78 is 0. The molecule has 1 amide bonds. The molecule has 3 N–H and O–H groups in total. The average Bonchev–Trinajstić information content (AvgIpc) is 2.86. The molecule has 0 saturated heterocycles. The molecule has 0 radical (unpaired) electrons. The second-order valence-corrected chi connectivity index (χ2v) is 7.28. The first-order valence-electron chi connectivity index (χ1n) is 6.71. The number of nitrogens with zero attached hydrogens (tertiary/aromatic N) is 1. The molecule has 1 aromatic carbocycles. The van der Waals surface area contributed by atoms with E-state index in [1.54, 1.807) is 12.1 Å². The van der Waals surface area contributed by atoms with E-state index in [-0.39, 0.29) is 37.1 Å². The number of hydrogen-bond acceptors (Lipinski definition) is 4. The summed E-state index contributed by atoms with van der Waals surface area (Å²) in [5.74, 6) is -0.102. The van der Waals surface area contributed by atoms with Gasteiger partial charge in [0, 0.05) is 28.0 Å². The van der Waals surface area contributed by atoms with Crippen molar-refractivity contribution in [3.8, 4) is 10.6 Å². The summed E-state index contributed by atoms with van der Waals surface area (Å²) in [6.07, 6.45) is 0.213. The molecule has 9 heteroatoms. The summed E-state index contributed by atoms with van der Waals surface area (Å²) in [6, 6.07) is 5.27. The zero-order valence-corrected chi connectivity index (χ0v) is 17.1. The Morgan fingerprint density at radius 3 is 2.58 bits per heavy atom. The lowest BCUT2D eigenvalue weighted by Crippen LogP contribution is -2.49. The Labute approximate surface area is 168 Å². The smallest absolute Gasteiger partial charge is 0.226 e. The van der Waals surface area contributed by atoms with Crippen LogP contribution < -0.4 is 11.1 Å². The largest absolute Gasteiger partial charge is 0.350 e. The van der Waals surface area contributed by atoms with Gasteiger partial charge in [0.2, 0.25) is 5.91 Å². The first kappa shape index (κ1) is 23.4. The van der Waals surface area contributed by atoms with Gasteiger partial charge in [0.1, 0.15) is 5.01 Å². The lowest BCUT2D eigenvalue weighted by Gasteiger charge is -2.23. The quantitative estimate of drug-likeness (QED) is 0.740. The molecule has 0 aliphatic carbocycles. The Bertz CT molecular complexity index is 691. The standard InChI is InChI=1S/C15H17Cl2N3OS.2ClH/c1-15(2,8-18)20-13(21)6-10-7-22-14(19-10)11-4-3-9(16)5-12(11)17;;/h3-5,7H,6,8,18H2,1-2H3,(H,20,21);2*1H. The SMILES string of the molecule is CC(C)(CN)NC(=O)Cc1csc(-c2ccc(Cl)cc2Cl)n1.Cl.Cl. The Balaban J connectivity index is 0.00000264. The molecular weight excluding hydrogens is 412 g/mol. The molecule has 0 aliphatic heterocycles. The molecule has 0 saturated carbocycles. The van der Waals surface area contributed by atoms with Crippen LogP contribution in [0.2, 0.25) is 10.0 Å². The second-order valence-electron chi connectivity index (χ2n) is 5.58. The third kappa shape index (κ3) is 6.39. The van der Waals surface area contributed by atoms with Crippen LogP contribution in [-0.4, -0.2) is 23.0 Å². The summed E-state index contributed by atoms with van der Waals surface area (Å²) in [5, 5.41) is 6.62. The summed E-state index contributed by atoms with van der Waals surface area (Å²) in [6.45, 7) is 4.14. The van der Waals surface area contributed by atoms with Crippen molar-refractivity contribution in [2.24, 2.45) is 5.73 Å². The molecule has 2 aromatic rings. The lowest BCUT2D eigenvalue weighted by atomic mass is 10.1. The predicted octanol–water partition coefficient (Wildman–Crippen LogP) is 4.36. The first-order valence-corrected chi connectivity index (χ1v) is 8.35. The van der Waals surface area contributed by atoms with Gasteiger partial charge in [0.15, 0.2) is 0 Å². The first-order chi connectivity index (χ1) is 10.3. The number of amides is 1. The van der Waals surface area contributed by atoms with Crippen molar-refractivity contribution in [1.29, 1.82) is 0 Å². The Hall–Kier alpha value is -0.560. The molecule has 0 bridgehead atoms. The fourth-order valence-corrected chi connectivity index (χ4v) is 3.22. The summed E-state index contributed by atoms with van der Waals surface area (Å²) in [4.78, 5) is 16.5. The Morgan fingerprint density at radius 2 is 2.00 bits per heavy atom. The number of carbonyl (C=O) groups is 1. The zero-order chi connectivity index (χ0) is 16.3. The lowest BCUT2D eigenvalue weighted by molar-refractivity contribution is -0.121. The van der Waals surface area contributed by atoms with Crippen molar-refractivity contribution in [2.75, 3.05) is 6.54 Å². The molecule has 2 rings (SSSR count). The van der Waals surface area contributed by atoms with Crippen molar-refractivity contribution in [1.82, 2.24) is 10.3 Å². The van der Waals surface area contributed by atoms with Crippen molar-refractivity contribution >= 4 is 65.3 Å². The van der Waals surface area contributed by atoms with Gasteiger partial charge in [-0.25, -0.2) is 4.98 Å². The van der Waals surface area contributed by atoms with E-state index in [9.17, 15) is 4.79 Å². The summed E-state index contributed by atoms with van der Waals surface area (Å²) in [5.41, 5.74) is 6.70. The fourth-order valence-electron chi connectivity index (χ4n) is 1.81. The number of thiazole rings is 1. The van der Waals surface area contributed by atoms with Crippen LogP contribution >= 0.6 is 59.4 Å². The number of nitrogens with two attached hydrogens (primary N) is 1. The molecule has 4 nitrogen and oxygen atoms in total. The maximum absolute atomic E-state index is 12.0. The molecule has 24 heavy (non-hydrogen) atoms. The molecule has 0 atom stereocenters. The molecule has 0 aliphatic rings. The highest BCUT2D eigenvalue weighted by molar-refractivity contribution is 7.13. The van der Waals surface area contributed by atoms with Crippen molar-refractivity contribution in [3.05, 3.63) is 39.3 Å². The third-order valence-corrected chi connectivity index (χ3v) is 4.52. The van der Waals surface area contributed by atoms with Crippen molar-refractivity contribution < 1.29 is 4.79 Å². The maximum Gasteiger partial charge on any atom is 0.226 e. The predicted molar refractivity (Wildman–Crippen MR) is 107 cm³/mol. The molecule has 1 aromatic heterocycles. The van der Waals surface area contributed by atoms with E-state index >= 15 is 0 Å². The van der Waals surface area contributed by atoms with Gasteiger partial charge in [-0.05, 0) is 32.0 Å². The van der Waals surface area contributed by atoms with E-state index in [2.05, 4.69) is 10.3 Å². The van der Waals surface area contributed by atoms with Gasteiger partial charge in [0.25, 0.3) is 0 Å². The summed E-state index contributed by atoms with van der Waals surface area (Å²) in [7, 11) is 0. The molecule has 0 spiro atoms. The minimum atomic E-state index is -0.421. The van der Waals surface area contributed by atoms with Gasteiger partial charge in [-0.3, -0.25) is 4.79 Å². The molecular formula is C15H19Cl4N3OS. The molecule has 0 fully saturated rings. The van der Waals surface area contributed by atoms with E-state index in [1.807, 2.05) is 25.3 Å². The van der Waals surface area contributed by atoms with Crippen LogP contribution in [0.5, 0.6) is 0 Å². The number of aromatic nitrogens is 1. The van der Waals surface area contributed by atoms with Crippen LogP contribution in [0.3, 0.4) is 0 Å². The van der Waals surface area contributed by atoms with Crippen LogP contribution in [0.1, 0.15) is 19.5 Å². The third-order valence-electron chi connectivity index (χ3n) is 3.04. The van der Waals surface area contributed by atoms with Crippen LogP contribution in [0, 0.1) is 0 Å². The fraction of sp³-hybridized carbons (Fsp3) is 0.333. The van der Waals surface area contributed by atoms with Crippen LogP contribution in [0.25, 0.3) is 10.6 Å². The number of nitrogens with one attached hydrogen (secondary N) is 1. The number of benzene rings is 1. The van der Waals surface area contributed by atoms with E-state index in [0.29, 0.717) is 22.3 Å². The van der Waals surface area contributed by atoms with Gasteiger partial charge in [0.05, 0.1) is 17.1 Å². The normalized spacial score (nSPS) is 10.5. The monoisotopic (exact) mass is 429 g/mol. The van der Waals surface area contributed by atoms with Crippen LogP contribution in [0.4, 0.5) is 0 Å². The molecule has 0 unspecified atom stereocenters. The topological polar surface area (TPSA) is 68.0 Å². The van der Waals surface area contributed by atoms with E-state index < -0.39 is 5.54 Å². The Morgan fingerprint density at radius 1 is 1.33 bits per heavy atom. The summed E-state index contributed by atoms with van der Waals surface area (Å²) >= 11 is 13.5. The highest BCUT2D eigenvalue weighted by Gasteiger charge is 2.19. The number of halogens is 4. The van der Waals surface area contributed by atoms with E-state index in [1.165, 1.54) is 11.3 Å². The number of rotatable bonds is 5. The maximum atomic E-state index is 12.0. The van der Waals surface area contributed by atoms with Gasteiger partial charge in [-0.15, -0.1) is 36.2 Å². The average molecular weight is 431 g/mol. The van der Waals surface area contributed by atoms with E-state index in [4.69, 9.17) is 28.9 Å². The van der Waals surface area contributed by atoms with Gasteiger partial charge >= 0.3 is 0 Å². The van der Waals surface area contributed by atoms with Gasteiger partial charge in [-0.1, -0.05) is 23.2 Å². The van der Waals surface area contributed by atoms with Crippen molar-refractivity contribution in [3.63, 3.8) is 0 Å². The van der Waals surface area contributed by atoms with Gasteiger partial charge < -0.3 is 11.1 Å². The second kappa shape index (κ2) is 9.80. The van der Waals surface area contributed by atoms with Crippen LogP contribution in [-0.2, 0) is 11.2 Å². The molecule has 134 valence electrons.